The second kappa shape index (κ2) is 5.26. The van der Waals surface area contributed by atoms with Crippen molar-refractivity contribution in [1.29, 1.82) is 0 Å². The van der Waals surface area contributed by atoms with Gasteiger partial charge in [0.2, 0.25) is 0 Å². The van der Waals surface area contributed by atoms with Crippen molar-refractivity contribution in [3.8, 4) is 11.5 Å². The molecule has 1 heterocycles. The Morgan fingerprint density at radius 1 is 1.50 bits per heavy atom. The minimum Gasteiger partial charge on any atom is -0.495 e. The number of pyridine rings is 1. The Morgan fingerprint density at radius 2 is 2.12 bits per heavy atom. The molecule has 0 fully saturated rings. The maximum Gasteiger partial charge on any atom is 0.573 e. The Morgan fingerprint density at radius 3 is 2.56 bits per heavy atom. The summed E-state index contributed by atoms with van der Waals surface area (Å²) < 4.78 is 45.2. The predicted octanol–water partition coefficient (Wildman–Crippen LogP) is 3.33. The maximum absolute atomic E-state index is 12.1. The summed E-state index contributed by atoms with van der Waals surface area (Å²) in [5.74, 6) is -0.412. The van der Waals surface area contributed by atoms with E-state index >= 15 is 0 Å². The van der Waals surface area contributed by atoms with Crippen LogP contribution < -0.4 is 9.47 Å². The lowest BCUT2D eigenvalue weighted by molar-refractivity contribution is -0.275. The third-order valence-corrected chi connectivity index (χ3v) is 2.66. The second-order valence-corrected chi connectivity index (χ2v) is 3.90. The zero-order valence-corrected chi connectivity index (χ0v) is 10.9. The predicted molar refractivity (Wildman–Crippen MR) is 59.7 cm³/mol. The van der Waals surface area contributed by atoms with Gasteiger partial charge in [0.1, 0.15) is 9.45 Å². The molecule has 1 aromatic heterocycles. The zero-order chi connectivity index (χ0) is 12.3. The molecule has 0 amide bonds. The van der Waals surface area contributed by atoms with Gasteiger partial charge in [-0.15, -0.1) is 24.8 Å². The molecule has 0 aliphatic carbocycles. The van der Waals surface area contributed by atoms with Crippen LogP contribution >= 0.6 is 34.2 Å². The molecule has 0 spiro atoms. The normalized spacial score (nSPS) is 11.4. The zero-order valence-electron chi connectivity index (χ0n) is 7.94. The van der Waals surface area contributed by atoms with Crippen LogP contribution in [-0.4, -0.2) is 18.5 Å². The second-order valence-electron chi connectivity index (χ2n) is 2.61. The first kappa shape index (κ1) is 13.6. The minimum atomic E-state index is -4.78. The van der Waals surface area contributed by atoms with Gasteiger partial charge in [0.25, 0.3) is 0 Å². The van der Waals surface area contributed by atoms with Gasteiger partial charge in [-0.1, -0.05) is 0 Å². The summed E-state index contributed by atoms with van der Waals surface area (Å²) in [4.78, 5) is 3.72. The molecule has 1 rings (SSSR count). The smallest absolute Gasteiger partial charge is 0.495 e. The van der Waals surface area contributed by atoms with Crippen molar-refractivity contribution < 1.29 is 22.6 Å². The number of ether oxygens (including phenoxy) is 2. The molecule has 0 aromatic carbocycles. The van der Waals surface area contributed by atoms with E-state index in [1.165, 1.54) is 13.3 Å². The van der Waals surface area contributed by atoms with E-state index in [9.17, 15) is 13.2 Å². The summed E-state index contributed by atoms with van der Waals surface area (Å²) in [5.41, 5.74) is 0.126. The van der Waals surface area contributed by atoms with Crippen LogP contribution in [0.4, 0.5) is 13.2 Å². The van der Waals surface area contributed by atoms with Crippen LogP contribution in [0.3, 0.4) is 0 Å². The lowest BCUT2D eigenvalue weighted by Gasteiger charge is -2.15. The highest BCUT2D eigenvalue weighted by atomic mass is 127. The fraction of sp³-hybridized carbons (Fsp3) is 0.375. The van der Waals surface area contributed by atoms with Crippen LogP contribution in [-0.2, 0) is 5.88 Å². The molecule has 0 saturated heterocycles. The van der Waals surface area contributed by atoms with E-state index in [1.54, 1.807) is 22.6 Å². The summed E-state index contributed by atoms with van der Waals surface area (Å²) >= 11 is 7.19. The Hall–Kier alpha value is -0.440. The molecule has 3 nitrogen and oxygen atoms in total. The van der Waals surface area contributed by atoms with Gasteiger partial charge in [-0.25, -0.2) is 4.98 Å². The Kier molecular flexibility index (Phi) is 4.48. The van der Waals surface area contributed by atoms with Crippen molar-refractivity contribution in [2.24, 2.45) is 0 Å². The van der Waals surface area contributed by atoms with Crippen molar-refractivity contribution in [3.63, 3.8) is 0 Å². The molecular weight excluding hydrogens is 361 g/mol. The van der Waals surface area contributed by atoms with Gasteiger partial charge in [0, 0.05) is 0 Å². The summed E-state index contributed by atoms with van der Waals surface area (Å²) in [6, 6.07) is 0. The van der Waals surface area contributed by atoms with E-state index in [4.69, 9.17) is 16.3 Å². The molecule has 0 unspecified atom stereocenters. The number of methoxy groups -OCH3 is 1. The van der Waals surface area contributed by atoms with Gasteiger partial charge in [0.15, 0.2) is 5.75 Å². The Bertz CT molecular complexity index is 386. The molecular formula is C8H6ClF3INO2. The maximum atomic E-state index is 12.1. The van der Waals surface area contributed by atoms with Crippen LogP contribution in [0, 0.1) is 3.70 Å². The molecule has 90 valence electrons. The van der Waals surface area contributed by atoms with Crippen LogP contribution in [0.1, 0.15) is 5.56 Å². The lowest BCUT2D eigenvalue weighted by Crippen LogP contribution is -2.19. The number of hydrogen-bond donors (Lipinski definition) is 0. The standard InChI is InChI=1S/C8H6ClF3INO2/c1-15-5-3-14-7(13)6(4(5)2-9)16-8(10,11)12/h3H,2H2,1H3. The highest BCUT2D eigenvalue weighted by Crippen LogP contribution is 2.36. The number of halogens is 5. The van der Waals surface area contributed by atoms with Gasteiger partial charge >= 0.3 is 6.36 Å². The van der Waals surface area contributed by atoms with Gasteiger partial charge < -0.3 is 9.47 Å². The molecule has 16 heavy (non-hydrogen) atoms. The van der Waals surface area contributed by atoms with E-state index in [1.807, 2.05) is 0 Å². The molecule has 0 saturated carbocycles. The molecule has 0 radical (unpaired) electrons. The van der Waals surface area contributed by atoms with E-state index in [2.05, 4.69) is 9.72 Å². The first-order chi connectivity index (χ1) is 7.39. The Labute approximate surface area is 108 Å². The monoisotopic (exact) mass is 367 g/mol. The first-order valence-corrected chi connectivity index (χ1v) is 5.53. The summed E-state index contributed by atoms with van der Waals surface area (Å²) in [6.07, 6.45) is -3.49. The first-order valence-electron chi connectivity index (χ1n) is 3.92. The van der Waals surface area contributed by atoms with Crippen molar-refractivity contribution >= 4 is 34.2 Å². The summed E-state index contributed by atoms with van der Waals surface area (Å²) in [5, 5.41) is 0. The summed E-state index contributed by atoms with van der Waals surface area (Å²) in [7, 11) is 1.32. The van der Waals surface area contributed by atoms with Crippen molar-refractivity contribution in [3.05, 3.63) is 15.5 Å². The third-order valence-electron chi connectivity index (χ3n) is 1.63. The number of hydrogen-bond acceptors (Lipinski definition) is 3. The van der Waals surface area contributed by atoms with Crippen LogP contribution in [0.25, 0.3) is 0 Å². The molecule has 0 aliphatic rings. The molecule has 0 bridgehead atoms. The van der Waals surface area contributed by atoms with Crippen LogP contribution in [0.2, 0.25) is 0 Å². The van der Waals surface area contributed by atoms with Crippen LogP contribution in [0.5, 0.6) is 11.5 Å². The van der Waals surface area contributed by atoms with E-state index < -0.39 is 12.1 Å². The average Bonchev–Trinajstić information content (AvgIpc) is 2.19. The molecule has 0 N–H and O–H groups in total. The van der Waals surface area contributed by atoms with Gasteiger partial charge in [0.05, 0.1) is 24.8 Å². The highest BCUT2D eigenvalue weighted by Gasteiger charge is 2.34. The fourth-order valence-electron chi connectivity index (χ4n) is 1.01. The third kappa shape index (κ3) is 3.27. The van der Waals surface area contributed by atoms with Crippen molar-refractivity contribution in [2.45, 2.75) is 12.2 Å². The minimum absolute atomic E-state index is 0.0753. The SMILES string of the molecule is COc1cnc(I)c(OC(F)(F)F)c1CCl. The van der Waals surface area contributed by atoms with Gasteiger partial charge in [-0.2, -0.15) is 0 Å². The largest absolute Gasteiger partial charge is 0.573 e. The quantitative estimate of drug-likeness (QED) is 0.467. The summed E-state index contributed by atoms with van der Waals surface area (Å²) in [6.45, 7) is 0. The van der Waals surface area contributed by atoms with E-state index in [0.29, 0.717) is 0 Å². The number of nitrogens with zero attached hydrogens (tertiary/aromatic N) is 1. The molecule has 0 aliphatic heterocycles. The number of rotatable bonds is 3. The fourth-order valence-corrected chi connectivity index (χ4v) is 1.84. The number of alkyl halides is 4. The van der Waals surface area contributed by atoms with Crippen molar-refractivity contribution in [1.82, 2.24) is 4.98 Å². The molecule has 0 atom stereocenters. The van der Waals surface area contributed by atoms with Crippen molar-refractivity contribution in [2.75, 3.05) is 7.11 Å². The van der Waals surface area contributed by atoms with Gasteiger partial charge in [-0.05, 0) is 22.6 Å². The molecule has 8 heteroatoms. The average molecular weight is 367 g/mol. The van der Waals surface area contributed by atoms with Gasteiger partial charge in [-0.3, -0.25) is 0 Å². The lowest BCUT2D eigenvalue weighted by atomic mass is 10.2. The number of aromatic nitrogens is 1. The van der Waals surface area contributed by atoms with Crippen LogP contribution in [0.15, 0.2) is 6.20 Å². The van der Waals surface area contributed by atoms with E-state index in [-0.39, 0.29) is 20.9 Å². The highest BCUT2D eigenvalue weighted by molar-refractivity contribution is 14.1. The molecule has 1 aromatic rings. The topological polar surface area (TPSA) is 31.4 Å². The van der Waals surface area contributed by atoms with E-state index in [0.717, 1.165) is 0 Å². The Balaban J connectivity index is 3.23.